The Balaban J connectivity index is 1.85. The number of likely N-dealkylation sites (tertiary alicyclic amines) is 1. The molecule has 0 spiro atoms. The van der Waals surface area contributed by atoms with Crippen LogP contribution in [-0.4, -0.2) is 48.9 Å². The van der Waals surface area contributed by atoms with Crippen molar-refractivity contribution >= 4 is 5.91 Å². The van der Waals surface area contributed by atoms with Crippen LogP contribution < -0.4 is 11.3 Å². The van der Waals surface area contributed by atoms with E-state index >= 15 is 0 Å². The molecule has 6 heteroatoms. The summed E-state index contributed by atoms with van der Waals surface area (Å²) in [7, 11) is 4.26. The summed E-state index contributed by atoms with van der Waals surface area (Å²) in [5.74, 6) is 5.57. The molecule has 1 aromatic heterocycles. The second-order valence-electron chi connectivity index (χ2n) is 5.25. The van der Waals surface area contributed by atoms with Crippen molar-refractivity contribution in [1.82, 2.24) is 15.2 Å². The molecule has 1 aliphatic heterocycles. The summed E-state index contributed by atoms with van der Waals surface area (Å²) in [5.41, 5.74) is 2.57. The number of piperidine rings is 1. The van der Waals surface area contributed by atoms with Gasteiger partial charge in [-0.15, -0.1) is 0 Å². The highest BCUT2D eigenvalue weighted by Crippen LogP contribution is 2.17. The number of furan rings is 1. The summed E-state index contributed by atoms with van der Waals surface area (Å²) in [6, 6.07) is 2.42. The molecule has 0 unspecified atom stereocenters. The first-order chi connectivity index (χ1) is 9.10. The van der Waals surface area contributed by atoms with Gasteiger partial charge in [-0.05, 0) is 33.0 Å². The topological polar surface area (TPSA) is 74.7 Å². The fourth-order valence-corrected chi connectivity index (χ4v) is 2.48. The molecule has 1 amide bonds. The van der Waals surface area contributed by atoms with Gasteiger partial charge in [-0.25, -0.2) is 5.84 Å². The van der Waals surface area contributed by atoms with Crippen molar-refractivity contribution < 1.29 is 9.21 Å². The molecule has 0 aromatic carbocycles. The maximum atomic E-state index is 11.3. The Morgan fingerprint density at radius 2 is 2.21 bits per heavy atom. The number of amides is 1. The van der Waals surface area contributed by atoms with Crippen molar-refractivity contribution in [2.45, 2.75) is 25.4 Å². The second-order valence-corrected chi connectivity index (χ2v) is 5.25. The Labute approximate surface area is 113 Å². The number of hydrogen-bond acceptors (Lipinski definition) is 5. The Morgan fingerprint density at radius 1 is 1.53 bits per heavy atom. The first-order valence-corrected chi connectivity index (χ1v) is 6.57. The van der Waals surface area contributed by atoms with Crippen molar-refractivity contribution in [3.8, 4) is 0 Å². The third-order valence-electron chi connectivity index (χ3n) is 3.71. The van der Waals surface area contributed by atoms with Crippen LogP contribution >= 0.6 is 0 Å². The molecule has 1 saturated heterocycles. The molecule has 0 aliphatic carbocycles. The predicted molar refractivity (Wildman–Crippen MR) is 72.3 cm³/mol. The molecule has 0 radical (unpaired) electrons. The molecule has 0 bridgehead atoms. The van der Waals surface area contributed by atoms with Crippen LogP contribution in [0.3, 0.4) is 0 Å². The molecule has 2 heterocycles. The van der Waals surface area contributed by atoms with Crippen LogP contribution in [0.1, 0.15) is 29.0 Å². The van der Waals surface area contributed by atoms with E-state index < -0.39 is 0 Å². The number of hydrazine groups is 1. The molecule has 0 saturated carbocycles. The number of nitrogens with two attached hydrogens (primary N) is 1. The Hall–Kier alpha value is -1.37. The zero-order valence-electron chi connectivity index (χ0n) is 11.6. The Morgan fingerprint density at radius 3 is 2.79 bits per heavy atom. The number of carbonyl (C=O) groups is 1. The molecule has 3 N–H and O–H groups in total. The van der Waals surface area contributed by atoms with Gasteiger partial charge in [0.05, 0.1) is 12.1 Å². The number of nitrogen functional groups attached to an aromatic ring is 1. The van der Waals surface area contributed by atoms with E-state index in [0.717, 1.165) is 25.4 Å². The molecule has 106 valence electrons. The lowest BCUT2D eigenvalue weighted by atomic mass is 10.0. The average molecular weight is 266 g/mol. The van der Waals surface area contributed by atoms with Crippen molar-refractivity contribution in [3.63, 3.8) is 0 Å². The van der Waals surface area contributed by atoms with Crippen molar-refractivity contribution in [2.75, 3.05) is 27.2 Å². The summed E-state index contributed by atoms with van der Waals surface area (Å²) < 4.78 is 5.40. The van der Waals surface area contributed by atoms with E-state index in [1.807, 2.05) is 0 Å². The summed E-state index contributed by atoms with van der Waals surface area (Å²) >= 11 is 0. The quantitative estimate of drug-likeness (QED) is 0.469. The molecular weight excluding hydrogens is 244 g/mol. The monoisotopic (exact) mass is 266 g/mol. The maximum absolute atomic E-state index is 11.3. The second kappa shape index (κ2) is 6.18. The summed E-state index contributed by atoms with van der Waals surface area (Å²) in [6.45, 7) is 2.86. The van der Waals surface area contributed by atoms with Gasteiger partial charge in [0, 0.05) is 19.1 Å². The smallest absolute Gasteiger partial charge is 0.268 e. The summed E-state index contributed by atoms with van der Waals surface area (Å²) in [5, 5.41) is 0. The van der Waals surface area contributed by atoms with Gasteiger partial charge in [0.1, 0.15) is 12.0 Å². The van der Waals surface area contributed by atoms with Crippen LogP contribution in [0.4, 0.5) is 0 Å². The lowest BCUT2D eigenvalue weighted by molar-refractivity contribution is 0.0953. The lowest BCUT2D eigenvalue weighted by Gasteiger charge is -2.34. The van der Waals surface area contributed by atoms with Crippen LogP contribution in [-0.2, 0) is 6.54 Å². The molecular formula is C13H22N4O2. The highest BCUT2D eigenvalue weighted by molar-refractivity contribution is 5.93. The van der Waals surface area contributed by atoms with Crippen LogP contribution in [0, 0.1) is 0 Å². The Kier molecular flexibility index (Phi) is 4.57. The van der Waals surface area contributed by atoms with Gasteiger partial charge in [0.25, 0.3) is 5.91 Å². The first kappa shape index (κ1) is 14.0. The molecule has 2 rings (SSSR count). The number of hydrogen-bond donors (Lipinski definition) is 2. The van der Waals surface area contributed by atoms with Crippen LogP contribution in [0.15, 0.2) is 16.7 Å². The molecule has 0 atom stereocenters. The van der Waals surface area contributed by atoms with E-state index in [4.69, 9.17) is 10.3 Å². The number of nitrogens with zero attached hydrogens (tertiary/aromatic N) is 2. The molecule has 1 aliphatic rings. The molecule has 19 heavy (non-hydrogen) atoms. The van der Waals surface area contributed by atoms with Gasteiger partial charge in [-0.3, -0.25) is 15.1 Å². The van der Waals surface area contributed by atoms with Crippen LogP contribution in [0.5, 0.6) is 0 Å². The first-order valence-electron chi connectivity index (χ1n) is 6.57. The molecule has 1 fully saturated rings. The molecule has 1 aromatic rings. The highest BCUT2D eigenvalue weighted by atomic mass is 16.3. The van der Waals surface area contributed by atoms with Crippen molar-refractivity contribution in [2.24, 2.45) is 5.84 Å². The third-order valence-corrected chi connectivity index (χ3v) is 3.71. The van der Waals surface area contributed by atoms with Gasteiger partial charge in [-0.2, -0.15) is 0 Å². The average Bonchev–Trinajstić information content (AvgIpc) is 2.87. The zero-order chi connectivity index (χ0) is 13.8. The largest absolute Gasteiger partial charge is 0.467 e. The fraction of sp³-hybridized carbons (Fsp3) is 0.615. The van der Waals surface area contributed by atoms with E-state index in [1.54, 1.807) is 6.07 Å². The van der Waals surface area contributed by atoms with Gasteiger partial charge >= 0.3 is 0 Å². The van der Waals surface area contributed by atoms with Crippen LogP contribution in [0.2, 0.25) is 0 Å². The van der Waals surface area contributed by atoms with E-state index in [9.17, 15) is 4.79 Å². The van der Waals surface area contributed by atoms with E-state index in [2.05, 4.69) is 29.3 Å². The van der Waals surface area contributed by atoms with Gasteiger partial charge in [0.15, 0.2) is 0 Å². The summed E-state index contributed by atoms with van der Waals surface area (Å²) in [6.07, 6.45) is 3.79. The number of carbonyl (C=O) groups excluding carboxylic acids is 1. The minimum absolute atomic E-state index is 0.318. The maximum Gasteiger partial charge on any atom is 0.268 e. The SMILES string of the molecule is CN(C)C1CCN(Cc2cc(C(=O)NN)co2)CC1. The van der Waals surface area contributed by atoms with Crippen molar-refractivity contribution in [1.29, 1.82) is 0 Å². The van der Waals surface area contributed by atoms with E-state index in [0.29, 0.717) is 11.6 Å². The standard InChI is InChI=1S/C13H22N4O2/c1-16(2)11-3-5-17(6-4-11)8-12-7-10(9-19-12)13(18)15-14/h7,9,11H,3-6,8,14H2,1-2H3,(H,15,18). The van der Waals surface area contributed by atoms with Gasteiger partial charge in [-0.1, -0.05) is 0 Å². The molecule has 6 nitrogen and oxygen atoms in total. The minimum Gasteiger partial charge on any atom is -0.467 e. The Bertz CT molecular complexity index is 422. The zero-order valence-corrected chi connectivity index (χ0v) is 11.6. The lowest BCUT2D eigenvalue weighted by Crippen LogP contribution is -2.41. The van der Waals surface area contributed by atoms with Crippen molar-refractivity contribution in [3.05, 3.63) is 23.7 Å². The van der Waals surface area contributed by atoms with E-state index in [1.165, 1.54) is 19.1 Å². The van der Waals surface area contributed by atoms with Gasteiger partial charge < -0.3 is 9.32 Å². The minimum atomic E-state index is -0.318. The normalized spacial score (nSPS) is 17.9. The fourth-order valence-electron chi connectivity index (χ4n) is 2.48. The van der Waals surface area contributed by atoms with E-state index in [-0.39, 0.29) is 5.91 Å². The third kappa shape index (κ3) is 3.56. The number of rotatable bonds is 4. The predicted octanol–water partition coefficient (Wildman–Crippen LogP) is 0.409. The highest BCUT2D eigenvalue weighted by Gasteiger charge is 2.21. The summed E-state index contributed by atoms with van der Waals surface area (Å²) in [4.78, 5) is 16.0. The van der Waals surface area contributed by atoms with Crippen LogP contribution in [0.25, 0.3) is 0 Å². The number of nitrogens with one attached hydrogen (secondary N) is 1. The van der Waals surface area contributed by atoms with Gasteiger partial charge in [0.2, 0.25) is 0 Å².